The molecule has 68 valence electrons. The lowest BCUT2D eigenvalue weighted by Crippen LogP contribution is -2.07. The van der Waals surface area contributed by atoms with Gasteiger partial charge < -0.3 is 0 Å². The zero-order valence-corrected chi connectivity index (χ0v) is 8.16. The van der Waals surface area contributed by atoms with Crippen LogP contribution >= 0.6 is 0 Å². The Balaban J connectivity index is 3.61. The monoisotopic (exact) mass is 167 g/mol. The van der Waals surface area contributed by atoms with E-state index in [1.807, 2.05) is 0 Å². The molecule has 0 aromatic rings. The number of unbranched alkanes of at least 4 members (excludes halogenated alkanes) is 2. The molecule has 0 amide bonds. The predicted molar refractivity (Wildman–Crippen MR) is 54.3 cm³/mol. The van der Waals surface area contributed by atoms with Crippen molar-refractivity contribution in [2.24, 2.45) is 5.03 Å². The van der Waals surface area contributed by atoms with Crippen LogP contribution in [0.4, 0.5) is 0 Å². The summed E-state index contributed by atoms with van der Waals surface area (Å²) in [4.78, 5) is 2.87. The van der Waals surface area contributed by atoms with Crippen LogP contribution in [0.5, 0.6) is 0 Å². The summed E-state index contributed by atoms with van der Waals surface area (Å²) in [5, 5.41) is 3.78. The van der Waals surface area contributed by atoms with E-state index >= 15 is 0 Å². The molecule has 0 rings (SSSR count). The quantitative estimate of drug-likeness (QED) is 0.239. The average Bonchev–Trinajstić information content (AvgIpc) is 2.10. The minimum absolute atomic E-state index is 0.245. The SMILES string of the molecule is CCCCB(CCCC)N=[N+]=[N-]. The number of azide groups is 1. The van der Waals surface area contributed by atoms with E-state index in [1.165, 1.54) is 25.7 Å². The minimum Gasteiger partial charge on any atom is -0.148 e. The third kappa shape index (κ3) is 6.11. The molecule has 0 heterocycles. The Morgan fingerprint density at radius 2 is 1.67 bits per heavy atom. The topological polar surface area (TPSA) is 48.8 Å². The van der Waals surface area contributed by atoms with Gasteiger partial charge in [0.05, 0.1) is 0 Å². The van der Waals surface area contributed by atoms with E-state index < -0.39 is 0 Å². The van der Waals surface area contributed by atoms with Gasteiger partial charge in [0.25, 0.3) is 0 Å². The van der Waals surface area contributed by atoms with Gasteiger partial charge in [-0.25, -0.2) is 0 Å². The van der Waals surface area contributed by atoms with Gasteiger partial charge in [-0.3, -0.25) is 0 Å². The fraction of sp³-hybridized carbons (Fsp3) is 1.00. The van der Waals surface area contributed by atoms with Gasteiger partial charge in [-0.15, -0.1) is 5.03 Å². The van der Waals surface area contributed by atoms with Gasteiger partial charge in [0, 0.05) is 0 Å². The second-order valence-corrected chi connectivity index (χ2v) is 3.14. The standard InChI is InChI=1S/C8H18BN3/c1-3-5-7-9(11-12-10)8-6-4-2/h3-8H2,1-2H3. The van der Waals surface area contributed by atoms with Gasteiger partial charge in [0.2, 0.25) is 6.85 Å². The van der Waals surface area contributed by atoms with Crippen molar-refractivity contribution < 1.29 is 0 Å². The van der Waals surface area contributed by atoms with Crippen LogP contribution in [0.3, 0.4) is 0 Å². The van der Waals surface area contributed by atoms with Crippen LogP contribution < -0.4 is 0 Å². The fourth-order valence-electron chi connectivity index (χ4n) is 1.21. The first-order valence-corrected chi connectivity index (χ1v) is 4.89. The summed E-state index contributed by atoms with van der Waals surface area (Å²) in [6.45, 7) is 4.56. The summed E-state index contributed by atoms with van der Waals surface area (Å²) in [5.74, 6) is 0. The minimum atomic E-state index is 0.245. The van der Waals surface area contributed by atoms with Crippen LogP contribution in [0.2, 0.25) is 12.6 Å². The molecule has 0 unspecified atom stereocenters. The molecular weight excluding hydrogens is 149 g/mol. The molecule has 0 fully saturated rings. The van der Waals surface area contributed by atoms with Crippen LogP contribution in [0.1, 0.15) is 39.5 Å². The molecular formula is C8H18BN3. The molecule has 0 bridgehead atoms. The predicted octanol–water partition coefficient (Wildman–Crippen LogP) is 3.89. The summed E-state index contributed by atoms with van der Waals surface area (Å²) in [7, 11) is 0. The summed E-state index contributed by atoms with van der Waals surface area (Å²) in [5.41, 5.74) is 8.29. The summed E-state index contributed by atoms with van der Waals surface area (Å²) in [6, 6.07) is 0. The molecule has 0 saturated carbocycles. The molecule has 0 aliphatic carbocycles. The second kappa shape index (κ2) is 8.47. The van der Waals surface area contributed by atoms with E-state index in [0.29, 0.717) is 0 Å². The lowest BCUT2D eigenvalue weighted by atomic mass is 9.56. The Morgan fingerprint density at radius 3 is 2.00 bits per heavy atom. The van der Waals surface area contributed by atoms with Crippen LogP contribution in [0, 0.1) is 0 Å². The fourth-order valence-corrected chi connectivity index (χ4v) is 1.21. The maximum absolute atomic E-state index is 8.29. The molecule has 0 aromatic carbocycles. The van der Waals surface area contributed by atoms with Crippen molar-refractivity contribution in [2.45, 2.75) is 52.2 Å². The van der Waals surface area contributed by atoms with Crippen LogP contribution in [0.25, 0.3) is 10.4 Å². The van der Waals surface area contributed by atoms with Gasteiger partial charge in [-0.05, 0) is 10.4 Å². The zero-order chi connectivity index (χ0) is 9.23. The Kier molecular flexibility index (Phi) is 8.03. The largest absolute Gasteiger partial charge is 0.243 e. The highest BCUT2D eigenvalue weighted by atomic mass is 15.1. The van der Waals surface area contributed by atoms with Gasteiger partial charge in [0.1, 0.15) is 0 Å². The van der Waals surface area contributed by atoms with Crippen LogP contribution in [-0.4, -0.2) is 6.85 Å². The Hall–Kier alpha value is -0.625. The van der Waals surface area contributed by atoms with Crippen molar-refractivity contribution in [3.8, 4) is 0 Å². The van der Waals surface area contributed by atoms with E-state index in [9.17, 15) is 0 Å². The Bertz CT molecular complexity index is 135. The zero-order valence-electron chi connectivity index (χ0n) is 8.16. The van der Waals surface area contributed by atoms with Gasteiger partial charge >= 0.3 is 0 Å². The highest BCUT2D eigenvalue weighted by molar-refractivity contribution is 6.56. The lowest BCUT2D eigenvalue weighted by molar-refractivity contribution is 0.839. The molecule has 0 spiro atoms. The Labute approximate surface area is 75.3 Å². The van der Waals surface area contributed by atoms with Crippen molar-refractivity contribution in [3.63, 3.8) is 0 Å². The smallest absolute Gasteiger partial charge is 0.148 e. The number of hydrogen-bond acceptors (Lipinski definition) is 1. The molecule has 3 nitrogen and oxygen atoms in total. The summed E-state index contributed by atoms with van der Waals surface area (Å²) >= 11 is 0. The first kappa shape index (κ1) is 11.4. The molecule has 0 aliphatic heterocycles. The van der Waals surface area contributed by atoms with Gasteiger partial charge in [-0.1, -0.05) is 52.2 Å². The average molecular weight is 167 g/mol. The molecule has 0 N–H and O–H groups in total. The Morgan fingerprint density at radius 1 is 1.17 bits per heavy atom. The van der Waals surface area contributed by atoms with Crippen molar-refractivity contribution in [2.75, 3.05) is 0 Å². The van der Waals surface area contributed by atoms with Crippen molar-refractivity contribution >= 4 is 6.85 Å². The van der Waals surface area contributed by atoms with Crippen molar-refractivity contribution in [1.82, 2.24) is 0 Å². The van der Waals surface area contributed by atoms with E-state index in [1.54, 1.807) is 0 Å². The molecule has 0 aliphatic rings. The second-order valence-electron chi connectivity index (χ2n) is 3.14. The molecule has 0 atom stereocenters. The van der Waals surface area contributed by atoms with E-state index in [-0.39, 0.29) is 6.85 Å². The third-order valence-corrected chi connectivity index (χ3v) is 2.00. The molecule has 4 heteroatoms. The van der Waals surface area contributed by atoms with Crippen LogP contribution in [0.15, 0.2) is 5.03 Å². The third-order valence-electron chi connectivity index (χ3n) is 2.00. The highest BCUT2D eigenvalue weighted by Gasteiger charge is 2.09. The van der Waals surface area contributed by atoms with Crippen molar-refractivity contribution in [1.29, 1.82) is 0 Å². The van der Waals surface area contributed by atoms with E-state index in [2.05, 4.69) is 23.8 Å². The summed E-state index contributed by atoms with van der Waals surface area (Å²) < 4.78 is 0. The lowest BCUT2D eigenvalue weighted by Gasteiger charge is -2.04. The molecule has 0 radical (unpaired) electrons. The van der Waals surface area contributed by atoms with E-state index in [0.717, 1.165) is 12.6 Å². The first-order valence-electron chi connectivity index (χ1n) is 4.89. The maximum atomic E-state index is 8.29. The molecule has 12 heavy (non-hydrogen) atoms. The number of hydrogen-bond donors (Lipinski definition) is 0. The van der Waals surface area contributed by atoms with E-state index in [4.69, 9.17) is 5.53 Å². The summed E-state index contributed by atoms with van der Waals surface area (Å²) in [6.07, 6.45) is 6.83. The molecule has 0 saturated heterocycles. The normalized spacial score (nSPS) is 9.17. The van der Waals surface area contributed by atoms with Gasteiger partial charge in [-0.2, -0.15) is 0 Å². The molecule has 0 aromatic heterocycles. The van der Waals surface area contributed by atoms with Crippen molar-refractivity contribution in [3.05, 3.63) is 10.4 Å². The van der Waals surface area contributed by atoms with Gasteiger partial charge in [0.15, 0.2) is 0 Å². The number of nitrogens with zero attached hydrogens (tertiary/aromatic N) is 3. The highest BCUT2D eigenvalue weighted by Crippen LogP contribution is 2.10. The van der Waals surface area contributed by atoms with Crippen LogP contribution in [-0.2, 0) is 0 Å². The first-order chi connectivity index (χ1) is 5.85. The number of rotatable bonds is 7. The maximum Gasteiger partial charge on any atom is 0.243 e.